The number of aromatic nitrogens is 1. The van der Waals surface area contributed by atoms with Gasteiger partial charge in [0.2, 0.25) is 0 Å². The normalized spacial score (nSPS) is 12.4. The van der Waals surface area contributed by atoms with Crippen LogP contribution in [0.3, 0.4) is 0 Å². The van der Waals surface area contributed by atoms with Crippen LogP contribution in [0.4, 0.5) is 5.69 Å². The Morgan fingerprint density at radius 3 is 3.00 bits per heavy atom. The van der Waals surface area contributed by atoms with Crippen LogP contribution in [-0.2, 0) is 0 Å². The summed E-state index contributed by atoms with van der Waals surface area (Å²) < 4.78 is 6.07. The number of pyridine rings is 1. The van der Waals surface area contributed by atoms with Crippen molar-refractivity contribution in [2.75, 3.05) is 5.32 Å². The van der Waals surface area contributed by atoms with Gasteiger partial charge in [-0.3, -0.25) is 0 Å². The molecule has 0 aliphatic carbocycles. The molecule has 1 N–H and O–H groups in total. The molecule has 3 nitrogen and oxygen atoms in total. The number of halogens is 2. The van der Waals surface area contributed by atoms with Crippen LogP contribution in [0.5, 0.6) is 0 Å². The first-order valence-corrected chi connectivity index (χ1v) is 5.95. The van der Waals surface area contributed by atoms with Gasteiger partial charge in [0.25, 0.3) is 0 Å². The predicted molar refractivity (Wildman–Crippen MR) is 67.7 cm³/mol. The van der Waals surface area contributed by atoms with Gasteiger partial charge in [0.05, 0.1) is 28.7 Å². The van der Waals surface area contributed by atoms with E-state index in [1.54, 1.807) is 12.5 Å². The van der Waals surface area contributed by atoms with Crippen LogP contribution in [0.2, 0.25) is 5.15 Å². The fourth-order valence-corrected chi connectivity index (χ4v) is 1.81. The lowest BCUT2D eigenvalue weighted by Gasteiger charge is -2.12. The Labute approximate surface area is 107 Å². The van der Waals surface area contributed by atoms with Gasteiger partial charge in [-0.25, -0.2) is 4.98 Å². The minimum absolute atomic E-state index is 0.0878. The van der Waals surface area contributed by atoms with Crippen molar-refractivity contribution in [3.8, 4) is 0 Å². The number of hydrogen-bond acceptors (Lipinski definition) is 3. The van der Waals surface area contributed by atoms with E-state index in [0.29, 0.717) is 5.15 Å². The zero-order valence-electron chi connectivity index (χ0n) is 8.58. The molecule has 2 rings (SSSR count). The van der Waals surface area contributed by atoms with Crippen LogP contribution >= 0.6 is 27.5 Å². The topological polar surface area (TPSA) is 38.1 Å². The third-order valence-electron chi connectivity index (χ3n) is 2.15. The van der Waals surface area contributed by atoms with Crippen LogP contribution in [0, 0.1) is 0 Å². The molecule has 2 aromatic rings. The van der Waals surface area contributed by atoms with Crippen molar-refractivity contribution >= 4 is 33.2 Å². The number of hydrogen-bond donors (Lipinski definition) is 1. The fourth-order valence-electron chi connectivity index (χ4n) is 1.36. The zero-order valence-corrected chi connectivity index (χ0v) is 10.9. The van der Waals surface area contributed by atoms with Gasteiger partial charge in [0.15, 0.2) is 0 Å². The SMILES string of the molecule is CC(Nc1cnc(Cl)c(Br)c1)c1ccco1. The van der Waals surface area contributed by atoms with Crippen molar-refractivity contribution in [2.24, 2.45) is 0 Å². The second-order valence-electron chi connectivity index (χ2n) is 3.38. The maximum Gasteiger partial charge on any atom is 0.143 e. The number of nitrogens with one attached hydrogen (secondary N) is 1. The number of furan rings is 1. The van der Waals surface area contributed by atoms with Gasteiger partial charge >= 0.3 is 0 Å². The molecule has 5 heteroatoms. The molecule has 0 saturated heterocycles. The summed E-state index contributed by atoms with van der Waals surface area (Å²) in [5, 5.41) is 3.72. The van der Waals surface area contributed by atoms with Crippen LogP contribution in [-0.4, -0.2) is 4.98 Å². The molecule has 0 aromatic carbocycles. The highest BCUT2D eigenvalue weighted by atomic mass is 79.9. The molecule has 16 heavy (non-hydrogen) atoms. The molecule has 0 aliphatic heterocycles. The predicted octanol–water partition coefficient (Wildman–Crippen LogP) is 4.26. The smallest absolute Gasteiger partial charge is 0.143 e. The molecule has 0 radical (unpaired) electrons. The van der Waals surface area contributed by atoms with Crippen molar-refractivity contribution in [2.45, 2.75) is 13.0 Å². The monoisotopic (exact) mass is 300 g/mol. The summed E-state index contributed by atoms with van der Waals surface area (Å²) in [6.07, 6.45) is 3.34. The maximum atomic E-state index is 5.81. The molecule has 0 fully saturated rings. The van der Waals surface area contributed by atoms with Crippen LogP contribution in [0.25, 0.3) is 0 Å². The van der Waals surface area contributed by atoms with Crippen LogP contribution in [0.15, 0.2) is 39.5 Å². The van der Waals surface area contributed by atoms with Gasteiger partial charge in [-0.15, -0.1) is 0 Å². The Hall–Kier alpha value is -1.00. The van der Waals surface area contributed by atoms with Crippen molar-refractivity contribution in [3.63, 3.8) is 0 Å². The van der Waals surface area contributed by atoms with Crippen molar-refractivity contribution in [3.05, 3.63) is 46.0 Å². The minimum atomic E-state index is 0.0878. The van der Waals surface area contributed by atoms with Gasteiger partial charge in [0.1, 0.15) is 10.9 Å². The zero-order chi connectivity index (χ0) is 11.5. The highest BCUT2D eigenvalue weighted by Gasteiger charge is 2.08. The molecule has 1 unspecified atom stereocenters. The summed E-state index contributed by atoms with van der Waals surface area (Å²) in [7, 11) is 0. The number of nitrogens with zero attached hydrogens (tertiary/aromatic N) is 1. The molecule has 1 atom stereocenters. The summed E-state index contributed by atoms with van der Waals surface area (Å²) in [5.74, 6) is 0.881. The molecule has 0 amide bonds. The Morgan fingerprint density at radius 1 is 1.56 bits per heavy atom. The molecule has 2 heterocycles. The summed E-state index contributed by atoms with van der Waals surface area (Å²) in [6.45, 7) is 2.02. The Morgan fingerprint density at radius 2 is 2.38 bits per heavy atom. The van der Waals surface area contributed by atoms with E-state index in [9.17, 15) is 0 Å². The van der Waals surface area contributed by atoms with E-state index in [-0.39, 0.29) is 6.04 Å². The first kappa shape index (κ1) is 11.5. The summed E-state index contributed by atoms with van der Waals surface area (Å²) in [5.41, 5.74) is 0.889. The summed E-state index contributed by atoms with van der Waals surface area (Å²) in [6, 6.07) is 5.76. The summed E-state index contributed by atoms with van der Waals surface area (Å²) in [4.78, 5) is 4.04. The Balaban J connectivity index is 2.12. The Kier molecular flexibility index (Phi) is 3.51. The van der Waals surface area contributed by atoms with E-state index in [1.165, 1.54) is 0 Å². The van der Waals surface area contributed by atoms with E-state index in [2.05, 4.69) is 26.2 Å². The average Bonchev–Trinajstić information content (AvgIpc) is 2.77. The molecule has 0 bridgehead atoms. The van der Waals surface area contributed by atoms with E-state index in [0.717, 1.165) is 15.9 Å². The molecular formula is C11H10BrClN2O. The highest BCUT2D eigenvalue weighted by Crippen LogP contribution is 2.25. The van der Waals surface area contributed by atoms with Gasteiger partial charge in [-0.05, 0) is 41.1 Å². The third kappa shape index (κ3) is 2.57. The first-order valence-electron chi connectivity index (χ1n) is 4.78. The molecule has 84 valence electrons. The fraction of sp³-hybridized carbons (Fsp3) is 0.182. The second kappa shape index (κ2) is 4.89. The molecular weight excluding hydrogens is 291 g/mol. The number of anilines is 1. The van der Waals surface area contributed by atoms with Crippen LogP contribution in [0.1, 0.15) is 18.7 Å². The maximum absolute atomic E-state index is 5.81. The van der Waals surface area contributed by atoms with Crippen molar-refractivity contribution in [1.29, 1.82) is 0 Å². The van der Waals surface area contributed by atoms with E-state index < -0.39 is 0 Å². The minimum Gasteiger partial charge on any atom is -0.467 e. The van der Waals surface area contributed by atoms with Gasteiger partial charge < -0.3 is 9.73 Å². The lowest BCUT2D eigenvalue weighted by Crippen LogP contribution is -2.05. The lowest BCUT2D eigenvalue weighted by molar-refractivity contribution is 0.490. The van der Waals surface area contributed by atoms with Crippen molar-refractivity contribution < 1.29 is 4.42 Å². The first-order chi connectivity index (χ1) is 7.66. The van der Waals surface area contributed by atoms with Gasteiger partial charge in [-0.1, -0.05) is 11.6 Å². The highest BCUT2D eigenvalue weighted by molar-refractivity contribution is 9.10. The average molecular weight is 302 g/mol. The largest absolute Gasteiger partial charge is 0.467 e. The molecule has 0 spiro atoms. The van der Waals surface area contributed by atoms with E-state index in [1.807, 2.05) is 25.1 Å². The Bertz CT molecular complexity index is 473. The third-order valence-corrected chi connectivity index (χ3v) is 3.28. The van der Waals surface area contributed by atoms with Gasteiger partial charge in [-0.2, -0.15) is 0 Å². The summed E-state index contributed by atoms with van der Waals surface area (Å²) >= 11 is 9.14. The van der Waals surface area contributed by atoms with Crippen molar-refractivity contribution in [1.82, 2.24) is 4.98 Å². The van der Waals surface area contributed by atoms with Gasteiger partial charge in [0, 0.05) is 0 Å². The second-order valence-corrected chi connectivity index (χ2v) is 4.59. The lowest BCUT2D eigenvalue weighted by atomic mass is 10.2. The van der Waals surface area contributed by atoms with E-state index >= 15 is 0 Å². The quantitative estimate of drug-likeness (QED) is 0.861. The molecule has 2 aromatic heterocycles. The van der Waals surface area contributed by atoms with E-state index in [4.69, 9.17) is 16.0 Å². The number of rotatable bonds is 3. The standard InChI is InChI=1S/C11H10BrClN2O/c1-7(10-3-2-4-16-10)15-8-5-9(12)11(13)14-6-8/h2-7,15H,1H3. The molecule has 0 aliphatic rings. The molecule has 0 saturated carbocycles. The van der Waals surface area contributed by atoms with Crippen LogP contribution < -0.4 is 5.32 Å².